The SMILES string of the molecule is COc1ccc(-n2ccc3c(=O)n(CC4(O)CCN(C(=O)CC(C)c5ccccc5)CC4)cnc32)cc1. The number of amides is 1. The third-order valence-electron chi connectivity index (χ3n) is 7.38. The van der Waals surface area contributed by atoms with E-state index in [0.29, 0.717) is 43.4 Å². The molecule has 8 nitrogen and oxygen atoms in total. The van der Waals surface area contributed by atoms with E-state index < -0.39 is 5.60 Å². The lowest BCUT2D eigenvalue weighted by Crippen LogP contribution is -2.49. The van der Waals surface area contributed by atoms with Gasteiger partial charge in [0.2, 0.25) is 5.91 Å². The molecular formula is C29H32N4O4. The molecule has 1 atom stereocenters. The van der Waals surface area contributed by atoms with E-state index in [-0.39, 0.29) is 23.9 Å². The van der Waals surface area contributed by atoms with Crippen molar-refractivity contribution >= 4 is 16.9 Å². The van der Waals surface area contributed by atoms with Crippen molar-refractivity contribution in [3.05, 3.63) is 89.1 Å². The lowest BCUT2D eigenvalue weighted by Gasteiger charge is -2.38. The molecule has 192 valence electrons. The number of hydrogen-bond acceptors (Lipinski definition) is 5. The second-order valence-electron chi connectivity index (χ2n) is 9.92. The zero-order valence-electron chi connectivity index (χ0n) is 21.2. The minimum atomic E-state index is -1.07. The Labute approximate surface area is 215 Å². The predicted octanol–water partition coefficient (Wildman–Crippen LogP) is 3.74. The van der Waals surface area contributed by atoms with E-state index in [1.54, 1.807) is 13.2 Å². The first kappa shape index (κ1) is 24.8. The number of aromatic nitrogens is 3. The lowest BCUT2D eigenvalue weighted by atomic mass is 9.90. The third kappa shape index (κ3) is 5.15. The van der Waals surface area contributed by atoms with Crippen LogP contribution in [0, 0.1) is 0 Å². The number of rotatable bonds is 7. The number of carbonyl (C=O) groups is 1. The number of likely N-dealkylation sites (tertiary alicyclic amines) is 1. The number of methoxy groups -OCH3 is 1. The summed E-state index contributed by atoms with van der Waals surface area (Å²) in [6.45, 7) is 3.14. The second-order valence-corrected chi connectivity index (χ2v) is 9.92. The van der Waals surface area contributed by atoms with Crippen LogP contribution in [0.1, 0.15) is 37.7 Å². The molecule has 1 aliphatic rings. The minimum Gasteiger partial charge on any atom is -0.497 e. The van der Waals surface area contributed by atoms with Crippen LogP contribution in [0.5, 0.6) is 5.75 Å². The van der Waals surface area contributed by atoms with Gasteiger partial charge >= 0.3 is 0 Å². The average molecular weight is 501 g/mol. The lowest BCUT2D eigenvalue weighted by molar-refractivity contribution is -0.136. The Kier molecular flexibility index (Phi) is 6.84. The largest absolute Gasteiger partial charge is 0.497 e. The Morgan fingerprint density at radius 2 is 1.78 bits per heavy atom. The molecule has 3 heterocycles. The number of benzene rings is 2. The quantitative estimate of drug-likeness (QED) is 0.418. The number of fused-ring (bicyclic) bond motifs is 1. The van der Waals surface area contributed by atoms with E-state index in [4.69, 9.17) is 4.74 Å². The van der Waals surface area contributed by atoms with Crippen molar-refractivity contribution in [1.82, 2.24) is 19.0 Å². The molecule has 0 bridgehead atoms. The highest BCUT2D eigenvalue weighted by atomic mass is 16.5. The van der Waals surface area contributed by atoms with E-state index in [1.807, 2.05) is 70.3 Å². The van der Waals surface area contributed by atoms with Crippen molar-refractivity contribution in [1.29, 1.82) is 0 Å². The van der Waals surface area contributed by atoms with Gasteiger partial charge in [-0.25, -0.2) is 4.98 Å². The Balaban J connectivity index is 1.25. The van der Waals surface area contributed by atoms with Crippen molar-refractivity contribution < 1.29 is 14.6 Å². The molecule has 37 heavy (non-hydrogen) atoms. The normalized spacial score (nSPS) is 16.0. The summed E-state index contributed by atoms with van der Waals surface area (Å²) in [6.07, 6.45) is 4.58. The van der Waals surface area contributed by atoms with Crippen molar-refractivity contribution in [2.75, 3.05) is 20.2 Å². The summed E-state index contributed by atoms with van der Waals surface area (Å²) in [7, 11) is 1.62. The summed E-state index contributed by atoms with van der Waals surface area (Å²) >= 11 is 0. The number of piperidine rings is 1. The first-order chi connectivity index (χ1) is 17.9. The van der Waals surface area contributed by atoms with E-state index in [2.05, 4.69) is 11.9 Å². The molecule has 0 saturated carbocycles. The summed E-state index contributed by atoms with van der Waals surface area (Å²) in [5.74, 6) is 0.983. The Bertz CT molecular complexity index is 1430. The fraction of sp³-hybridized carbons (Fsp3) is 0.345. The van der Waals surface area contributed by atoms with Gasteiger partial charge < -0.3 is 19.3 Å². The van der Waals surface area contributed by atoms with E-state index in [0.717, 1.165) is 17.0 Å². The summed E-state index contributed by atoms with van der Waals surface area (Å²) in [6, 6.07) is 19.3. The Hall–Kier alpha value is -3.91. The van der Waals surface area contributed by atoms with Crippen molar-refractivity contribution in [3.8, 4) is 11.4 Å². The van der Waals surface area contributed by atoms with Crippen LogP contribution in [-0.4, -0.2) is 55.8 Å². The molecule has 1 amide bonds. The van der Waals surface area contributed by atoms with Crippen molar-refractivity contribution in [2.24, 2.45) is 0 Å². The van der Waals surface area contributed by atoms with Crippen molar-refractivity contribution in [3.63, 3.8) is 0 Å². The first-order valence-corrected chi connectivity index (χ1v) is 12.6. The van der Waals surface area contributed by atoms with Gasteiger partial charge in [-0.15, -0.1) is 0 Å². The van der Waals surface area contributed by atoms with Crippen LogP contribution in [0.4, 0.5) is 0 Å². The molecule has 2 aromatic carbocycles. The van der Waals surface area contributed by atoms with Gasteiger partial charge in [0.1, 0.15) is 12.1 Å². The maximum Gasteiger partial charge on any atom is 0.262 e. The number of hydrogen-bond donors (Lipinski definition) is 1. The number of carbonyl (C=O) groups excluding carboxylic acids is 1. The van der Waals surface area contributed by atoms with Gasteiger partial charge in [-0.1, -0.05) is 37.3 Å². The maximum absolute atomic E-state index is 13.2. The minimum absolute atomic E-state index is 0.0959. The number of aliphatic hydroxyl groups is 1. The molecule has 0 radical (unpaired) electrons. The molecule has 8 heteroatoms. The number of ether oxygens (including phenoxy) is 1. The van der Waals surface area contributed by atoms with Crippen LogP contribution < -0.4 is 10.3 Å². The summed E-state index contributed by atoms with van der Waals surface area (Å²) in [5, 5.41) is 11.8. The highest BCUT2D eigenvalue weighted by Crippen LogP contribution is 2.27. The highest BCUT2D eigenvalue weighted by Gasteiger charge is 2.35. The molecule has 2 aromatic heterocycles. The fourth-order valence-electron chi connectivity index (χ4n) is 5.06. The smallest absolute Gasteiger partial charge is 0.262 e. The predicted molar refractivity (Wildman–Crippen MR) is 142 cm³/mol. The van der Waals surface area contributed by atoms with Gasteiger partial charge in [0.25, 0.3) is 5.56 Å². The molecule has 1 unspecified atom stereocenters. The molecule has 1 aliphatic heterocycles. The zero-order chi connectivity index (χ0) is 26.0. The summed E-state index contributed by atoms with van der Waals surface area (Å²) in [4.78, 5) is 32.5. The van der Waals surface area contributed by atoms with Gasteiger partial charge in [-0.05, 0) is 54.7 Å². The van der Waals surface area contributed by atoms with Gasteiger partial charge in [0, 0.05) is 31.4 Å². The Morgan fingerprint density at radius 3 is 2.46 bits per heavy atom. The molecule has 0 spiro atoms. The van der Waals surface area contributed by atoms with Gasteiger partial charge in [0.15, 0.2) is 5.65 Å². The first-order valence-electron chi connectivity index (χ1n) is 12.6. The van der Waals surface area contributed by atoms with Gasteiger partial charge in [-0.3, -0.25) is 14.2 Å². The van der Waals surface area contributed by atoms with Gasteiger partial charge in [0.05, 0.1) is 24.6 Å². The van der Waals surface area contributed by atoms with Crippen LogP contribution in [-0.2, 0) is 11.3 Å². The summed E-state index contributed by atoms with van der Waals surface area (Å²) < 4.78 is 8.56. The van der Waals surface area contributed by atoms with E-state index in [1.165, 1.54) is 10.9 Å². The molecule has 1 saturated heterocycles. The highest BCUT2D eigenvalue weighted by molar-refractivity contribution is 5.77. The van der Waals surface area contributed by atoms with E-state index >= 15 is 0 Å². The van der Waals surface area contributed by atoms with Crippen LogP contribution in [0.3, 0.4) is 0 Å². The van der Waals surface area contributed by atoms with Crippen molar-refractivity contribution in [2.45, 2.75) is 44.2 Å². The van der Waals surface area contributed by atoms with Crippen LogP contribution in [0.15, 0.2) is 78.0 Å². The zero-order valence-corrected chi connectivity index (χ0v) is 21.2. The standard InChI is InChI=1S/C29H32N4O4/c1-21(22-6-4-3-5-7-22)18-26(34)31-16-13-29(36,14-17-31)19-32-20-30-27-25(28(32)35)12-15-33(27)23-8-10-24(37-2)11-9-23/h3-12,15,20-21,36H,13-14,16-19H2,1-2H3. The molecule has 5 rings (SSSR count). The second kappa shape index (κ2) is 10.2. The van der Waals surface area contributed by atoms with Crippen LogP contribution in [0.25, 0.3) is 16.7 Å². The Morgan fingerprint density at radius 1 is 1.08 bits per heavy atom. The average Bonchev–Trinajstić information content (AvgIpc) is 3.36. The summed E-state index contributed by atoms with van der Waals surface area (Å²) in [5.41, 5.74) is 1.32. The molecule has 1 N–H and O–H groups in total. The fourth-order valence-corrected chi connectivity index (χ4v) is 5.06. The number of nitrogens with zero attached hydrogens (tertiary/aromatic N) is 4. The molecule has 1 fully saturated rings. The van der Waals surface area contributed by atoms with Crippen LogP contribution >= 0.6 is 0 Å². The molecule has 0 aliphatic carbocycles. The van der Waals surface area contributed by atoms with Crippen LogP contribution in [0.2, 0.25) is 0 Å². The van der Waals surface area contributed by atoms with E-state index in [9.17, 15) is 14.7 Å². The molecular weight excluding hydrogens is 468 g/mol. The third-order valence-corrected chi connectivity index (χ3v) is 7.38. The molecule has 4 aromatic rings. The topological polar surface area (TPSA) is 89.6 Å². The van der Waals surface area contributed by atoms with Gasteiger partial charge in [-0.2, -0.15) is 0 Å². The monoisotopic (exact) mass is 500 g/mol. The maximum atomic E-state index is 13.2.